The van der Waals surface area contributed by atoms with E-state index in [9.17, 15) is 12.8 Å². The Morgan fingerprint density at radius 1 is 1.42 bits per heavy atom. The maximum Gasteiger partial charge on any atom is 0.261 e. The Morgan fingerprint density at radius 2 is 2.11 bits per heavy atom. The monoisotopic (exact) mass is 286 g/mol. The van der Waals surface area contributed by atoms with E-state index in [1.54, 1.807) is 0 Å². The molecule has 0 unspecified atom stereocenters. The summed E-state index contributed by atoms with van der Waals surface area (Å²) in [6.07, 6.45) is 6.53. The quantitative estimate of drug-likeness (QED) is 0.904. The van der Waals surface area contributed by atoms with Crippen molar-refractivity contribution in [1.82, 2.24) is 9.71 Å². The van der Waals surface area contributed by atoms with E-state index in [2.05, 4.69) is 16.6 Å². The predicted octanol–water partition coefficient (Wildman–Crippen LogP) is 2.47. The average Bonchev–Trinajstić information content (AvgIpc) is 2.86. The van der Waals surface area contributed by atoms with Crippen LogP contribution in [0, 0.1) is 11.2 Å². The summed E-state index contributed by atoms with van der Waals surface area (Å²) in [7, 11) is -3.86. The highest BCUT2D eigenvalue weighted by molar-refractivity contribution is 7.89. The number of sulfonamides is 1. The van der Waals surface area contributed by atoms with Gasteiger partial charge in [-0.25, -0.2) is 22.5 Å². The summed E-state index contributed by atoms with van der Waals surface area (Å²) in [5.74, 6) is -0.813. The standard InChI is InChI=1S/C13H19FN2O2S/c1-2-13(7-3-4-8-13)10-16-19(17,18)12-11(14)6-5-9-15-12/h5-6,9,16H,2-4,7-8,10H2,1H3. The number of aromatic nitrogens is 1. The van der Waals surface area contributed by atoms with Crippen molar-refractivity contribution >= 4 is 10.0 Å². The summed E-state index contributed by atoms with van der Waals surface area (Å²) in [5.41, 5.74) is 0.0261. The zero-order valence-corrected chi connectivity index (χ0v) is 11.8. The molecule has 0 saturated heterocycles. The second-order valence-electron chi connectivity index (χ2n) is 5.18. The largest absolute Gasteiger partial charge is 0.261 e. The fourth-order valence-corrected chi connectivity index (χ4v) is 3.82. The molecule has 0 amide bonds. The minimum Gasteiger partial charge on any atom is -0.241 e. The topological polar surface area (TPSA) is 59.1 Å². The van der Waals surface area contributed by atoms with E-state index in [-0.39, 0.29) is 5.41 Å². The molecule has 1 fully saturated rings. The van der Waals surface area contributed by atoms with Crippen molar-refractivity contribution in [3.05, 3.63) is 24.1 Å². The van der Waals surface area contributed by atoms with Gasteiger partial charge in [0.15, 0.2) is 5.82 Å². The number of nitrogens with zero attached hydrogens (tertiary/aromatic N) is 1. The van der Waals surface area contributed by atoms with Crippen LogP contribution in [0.2, 0.25) is 0 Å². The normalized spacial score (nSPS) is 18.6. The molecule has 1 saturated carbocycles. The molecule has 0 aliphatic heterocycles. The first-order valence-electron chi connectivity index (χ1n) is 6.59. The molecule has 1 aliphatic rings. The van der Waals surface area contributed by atoms with Crippen LogP contribution >= 0.6 is 0 Å². The van der Waals surface area contributed by atoms with Gasteiger partial charge in [0.25, 0.3) is 10.0 Å². The third kappa shape index (κ3) is 3.12. The van der Waals surface area contributed by atoms with Crippen molar-refractivity contribution in [3.63, 3.8) is 0 Å². The number of hydrogen-bond acceptors (Lipinski definition) is 3. The van der Waals surface area contributed by atoms with Gasteiger partial charge in [0, 0.05) is 12.7 Å². The summed E-state index contributed by atoms with van der Waals surface area (Å²) in [6, 6.07) is 2.48. The number of halogens is 1. The van der Waals surface area contributed by atoms with Crippen LogP contribution in [0.5, 0.6) is 0 Å². The lowest BCUT2D eigenvalue weighted by Crippen LogP contribution is -2.36. The molecule has 1 aliphatic carbocycles. The summed E-state index contributed by atoms with van der Waals surface area (Å²) in [5, 5.41) is -0.515. The fraction of sp³-hybridized carbons (Fsp3) is 0.615. The molecular weight excluding hydrogens is 267 g/mol. The van der Waals surface area contributed by atoms with Crippen LogP contribution in [0.1, 0.15) is 39.0 Å². The van der Waals surface area contributed by atoms with Crippen molar-refractivity contribution < 1.29 is 12.8 Å². The van der Waals surface area contributed by atoms with Gasteiger partial charge in [0.2, 0.25) is 5.03 Å². The minimum absolute atomic E-state index is 0.0261. The van der Waals surface area contributed by atoms with Gasteiger partial charge in [0.05, 0.1) is 0 Å². The van der Waals surface area contributed by atoms with Crippen molar-refractivity contribution in [2.24, 2.45) is 5.41 Å². The van der Waals surface area contributed by atoms with Gasteiger partial charge in [-0.3, -0.25) is 0 Å². The molecule has 1 heterocycles. The van der Waals surface area contributed by atoms with E-state index in [0.29, 0.717) is 6.54 Å². The lowest BCUT2D eigenvalue weighted by Gasteiger charge is -2.27. The van der Waals surface area contributed by atoms with E-state index in [4.69, 9.17) is 0 Å². The van der Waals surface area contributed by atoms with E-state index in [0.717, 1.165) is 38.2 Å². The van der Waals surface area contributed by atoms with Crippen LogP contribution in [-0.2, 0) is 10.0 Å². The average molecular weight is 286 g/mol. The molecule has 0 atom stereocenters. The first-order chi connectivity index (χ1) is 8.99. The molecule has 2 rings (SSSR count). The van der Waals surface area contributed by atoms with Crippen molar-refractivity contribution in [1.29, 1.82) is 0 Å². The van der Waals surface area contributed by atoms with Crippen molar-refractivity contribution in [3.8, 4) is 0 Å². The molecule has 106 valence electrons. The molecule has 4 nitrogen and oxygen atoms in total. The number of hydrogen-bond donors (Lipinski definition) is 1. The van der Waals surface area contributed by atoms with Gasteiger partial charge in [-0.05, 0) is 36.8 Å². The van der Waals surface area contributed by atoms with Crippen LogP contribution in [0.25, 0.3) is 0 Å². The Labute approximate surface area is 113 Å². The van der Waals surface area contributed by atoms with Crippen molar-refractivity contribution in [2.45, 2.75) is 44.1 Å². The third-order valence-corrected chi connectivity index (χ3v) is 5.36. The molecule has 1 aromatic rings. The van der Waals surface area contributed by atoms with Gasteiger partial charge < -0.3 is 0 Å². The van der Waals surface area contributed by atoms with Crippen LogP contribution in [0.4, 0.5) is 4.39 Å². The summed E-state index contributed by atoms with van der Waals surface area (Å²) in [6.45, 7) is 2.43. The second kappa shape index (κ2) is 5.54. The third-order valence-electron chi connectivity index (χ3n) is 4.03. The summed E-state index contributed by atoms with van der Waals surface area (Å²) >= 11 is 0. The SMILES string of the molecule is CCC1(CNS(=O)(=O)c2ncccc2F)CCCC1. The Hall–Kier alpha value is -1.01. The Morgan fingerprint density at radius 3 is 2.68 bits per heavy atom. The lowest BCUT2D eigenvalue weighted by molar-refractivity contribution is 0.285. The molecule has 0 aromatic carbocycles. The van der Waals surface area contributed by atoms with Crippen LogP contribution < -0.4 is 4.72 Å². The highest BCUT2D eigenvalue weighted by Gasteiger charge is 2.34. The molecule has 1 N–H and O–H groups in total. The fourth-order valence-electron chi connectivity index (χ4n) is 2.67. The Kier molecular flexibility index (Phi) is 4.20. The second-order valence-corrected chi connectivity index (χ2v) is 6.86. The highest BCUT2D eigenvalue weighted by atomic mass is 32.2. The maximum atomic E-state index is 13.5. The van der Waals surface area contributed by atoms with E-state index < -0.39 is 20.9 Å². The molecule has 1 aromatic heterocycles. The Bertz CT molecular complexity index is 539. The minimum atomic E-state index is -3.86. The smallest absolute Gasteiger partial charge is 0.241 e. The molecule has 6 heteroatoms. The van der Waals surface area contributed by atoms with Gasteiger partial charge in [0.1, 0.15) is 0 Å². The molecular formula is C13H19FN2O2S. The van der Waals surface area contributed by atoms with Crippen molar-refractivity contribution in [2.75, 3.05) is 6.54 Å². The first kappa shape index (κ1) is 14.4. The summed E-state index contributed by atoms with van der Waals surface area (Å²) in [4.78, 5) is 3.62. The highest BCUT2D eigenvalue weighted by Crippen LogP contribution is 2.40. The summed E-state index contributed by atoms with van der Waals surface area (Å²) < 4.78 is 40.1. The van der Waals surface area contributed by atoms with Crippen LogP contribution in [0.3, 0.4) is 0 Å². The molecule has 0 spiro atoms. The van der Waals surface area contributed by atoms with E-state index >= 15 is 0 Å². The molecule has 19 heavy (non-hydrogen) atoms. The lowest BCUT2D eigenvalue weighted by atomic mass is 9.84. The zero-order chi connectivity index (χ0) is 13.9. The van der Waals surface area contributed by atoms with E-state index in [1.807, 2.05) is 0 Å². The van der Waals surface area contributed by atoms with Gasteiger partial charge in [-0.2, -0.15) is 0 Å². The molecule has 0 bridgehead atoms. The molecule has 0 radical (unpaired) electrons. The van der Waals surface area contributed by atoms with Gasteiger partial charge in [-0.1, -0.05) is 19.8 Å². The first-order valence-corrected chi connectivity index (χ1v) is 8.08. The number of pyridine rings is 1. The number of nitrogens with one attached hydrogen (secondary N) is 1. The Balaban J connectivity index is 2.12. The number of rotatable bonds is 5. The zero-order valence-electron chi connectivity index (χ0n) is 11.0. The van der Waals surface area contributed by atoms with Crippen LogP contribution in [-0.4, -0.2) is 19.9 Å². The predicted molar refractivity (Wildman–Crippen MR) is 70.6 cm³/mol. The maximum absolute atomic E-state index is 13.5. The van der Waals surface area contributed by atoms with Gasteiger partial charge >= 0.3 is 0 Å². The van der Waals surface area contributed by atoms with Crippen LogP contribution in [0.15, 0.2) is 23.4 Å². The van der Waals surface area contributed by atoms with E-state index in [1.165, 1.54) is 12.3 Å². The van der Waals surface area contributed by atoms with Gasteiger partial charge in [-0.15, -0.1) is 0 Å².